The average Bonchev–Trinajstić information content (AvgIpc) is 1.99. The number of carbonyl (C=O) groups excluding carboxylic acids is 1. The molecule has 0 aliphatic carbocycles. The molecule has 0 amide bonds. The molecule has 0 radical (unpaired) electrons. The molecule has 1 heterocycles. The van der Waals surface area contributed by atoms with Crippen LogP contribution in [0.4, 0.5) is 0 Å². The van der Waals surface area contributed by atoms with Gasteiger partial charge in [-0.15, -0.1) is 0 Å². The van der Waals surface area contributed by atoms with E-state index in [1.54, 1.807) is 0 Å². The van der Waals surface area contributed by atoms with Gasteiger partial charge in [-0.3, -0.25) is 4.79 Å². The fourth-order valence-electron chi connectivity index (χ4n) is 1.12. The molecule has 0 aromatic heterocycles. The molecule has 0 aromatic rings. The summed E-state index contributed by atoms with van der Waals surface area (Å²) in [5, 5.41) is 0. The zero-order valence-electron chi connectivity index (χ0n) is 8.72. The summed E-state index contributed by atoms with van der Waals surface area (Å²) in [4.78, 5) is 11.3. The lowest BCUT2D eigenvalue weighted by Gasteiger charge is -2.38. The van der Waals surface area contributed by atoms with E-state index >= 15 is 0 Å². The molecular formula is C9H13Cl3O3. The van der Waals surface area contributed by atoms with Gasteiger partial charge >= 0.3 is 5.97 Å². The number of hydrogen-bond donors (Lipinski definition) is 0. The normalized spacial score (nSPS) is 28.8. The van der Waals surface area contributed by atoms with Crippen LogP contribution in [0.5, 0.6) is 0 Å². The van der Waals surface area contributed by atoms with E-state index in [4.69, 9.17) is 44.3 Å². The Balaban J connectivity index is 2.77. The van der Waals surface area contributed by atoms with E-state index in [9.17, 15) is 4.79 Å². The Morgan fingerprint density at radius 3 is 2.20 bits per heavy atom. The summed E-state index contributed by atoms with van der Waals surface area (Å²) >= 11 is 17.1. The van der Waals surface area contributed by atoms with Gasteiger partial charge in [-0.2, -0.15) is 0 Å². The molecule has 1 rings (SSSR count). The van der Waals surface area contributed by atoms with Crippen molar-refractivity contribution in [2.24, 2.45) is 5.41 Å². The Kier molecular flexibility index (Phi) is 3.82. The standard InChI is InChI=1S/C9H13Cl3O3/c1-8(2,3)7-14-5(9(10,11)12)4-6(13)15-7/h5,7H,4H2,1-3H3/t5-,7+/m1/s1. The van der Waals surface area contributed by atoms with Crippen LogP contribution in [-0.2, 0) is 14.3 Å². The molecule has 0 unspecified atom stereocenters. The first-order valence-electron chi connectivity index (χ1n) is 4.52. The molecule has 2 atom stereocenters. The van der Waals surface area contributed by atoms with Crippen LogP contribution in [0.15, 0.2) is 0 Å². The van der Waals surface area contributed by atoms with Crippen molar-refractivity contribution in [3.63, 3.8) is 0 Å². The van der Waals surface area contributed by atoms with Crippen molar-refractivity contribution in [3.05, 3.63) is 0 Å². The monoisotopic (exact) mass is 274 g/mol. The highest BCUT2D eigenvalue weighted by atomic mass is 35.6. The van der Waals surface area contributed by atoms with Gasteiger partial charge in [0.2, 0.25) is 10.1 Å². The molecule has 0 saturated carbocycles. The Morgan fingerprint density at radius 1 is 1.27 bits per heavy atom. The minimum absolute atomic E-state index is 0.0386. The molecule has 1 fully saturated rings. The minimum Gasteiger partial charge on any atom is -0.435 e. The van der Waals surface area contributed by atoms with E-state index in [0.29, 0.717) is 0 Å². The summed E-state index contributed by atoms with van der Waals surface area (Å²) < 4.78 is 8.88. The summed E-state index contributed by atoms with van der Waals surface area (Å²) in [6.07, 6.45) is -1.48. The molecule has 6 heteroatoms. The van der Waals surface area contributed by atoms with Gasteiger partial charge in [0.05, 0.1) is 6.42 Å². The fraction of sp³-hybridized carbons (Fsp3) is 0.889. The second kappa shape index (κ2) is 4.28. The third kappa shape index (κ3) is 3.66. The van der Waals surface area contributed by atoms with E-state index < -0.39 is 22.2 Å². The lowest BCUT2D eigenvalue weighted by atomic mass is 9.95. The maximum Gasteiger partial charge on any atom is 0.310 e. The first-order chi connectivity index (χ1) is 6.60. The van der Waals surface area contributed by atoms with Crippen LogP contribution in [0.2, 0.25) is 0 Å². The third-order valence-electron chi connectivity index (χ3n) is 1.95. The number of carbonyl (C=O) groups is 1. The van der Waals surface area contributed by atoms with Crippen molar-refractivity contribution in [2.75, 3.05) is 0 Å². The Bertz CT molecular complexity index is 230. The lowest BCUT2D eigenvalue weighted by Crippen LogP contribution is -2.47. The molecule has 1 saturated heterocycles. The van der Waals surface area contributed by atoms with Gasteiger partial charge in [-0.1, -0.05) is 55.6 Å². The molecule has 3 nitrogen and oxygen atoms in total. The summed E-state index contributed by atoms with van der Waals surface area (Å²) in [6, 6.07) is 0. The zero-order valence-corrected chi connectivity index (χ0v) is 11.0. The van der Waals surface area contributed by atoms with E-state index in [-0.39, 0.29) is 11.8 Å². The molecular weight excluding hydrogens is 262 g/mol. The van der Waals surface area contributed by atoms with Crippen molar-refractivity contribution >= 4 is 40.8 Å². The van der Waals surface area contributed by atoms with Crippen LogP contribution < -0.4 is 0 Å². The summed E-state index contributed by atoms with van der Waals surface area (Å²) in [7, 11) is 0. The van der Waals surface area contributed by atoms with Gasteiger partial charge < -0.3 is 9.47 Å². The Hall–Kier alpha value is 0.300. The topological polar surface area (TPSA) is 35.5 Å². The van der Waals surface area contributed by atoms with Crippen LogP contribution in [-0.4, -0.2) is 22.2 Å². The second-order valence-corrected chi connectivity index (χ2v) is 6.93. The molecule has 1 aliphatic heterocycles. The van der Waals surface area contributed by atoms with E-state index in [1.165, 1.54) is 0 Å². The van der Waals surface area contributed by atoms with Gasteiger partial charge in [0, 0.05) is 5.41 Å². The number of halogens is 3. The molecule has 0 spiro atoms. The summed E-state index contributed by atoms with van der Waals surface area (Å²) in [6.45, 7) is 5.64. The smallest absolute Gasteiger partial charge is 0.310 e. The highest BCUT2D eigenvalue weighted by Crippen LogP contribution is 2.39. The summed E-state index contributed by atoms with van der Waals surface area (Å²) in [5.74, 6) is -0.405. The Morgan fingerprint density at radius 2 is 1.80 bits per heavy atom. The molecule has 88 valence electrons. The zero-order chi connectivity index (χ0) is 11.9. The SMILES string of the molecule is CC(C)(C)[C@@H]1OC(=O)C[C@H](C(Cl)(Cl)Cl)O1. The minimum atomic E-state index is -1.61. The average molecular weight is 276 g/mol. The maximum absolute atomic E-state index is 11.3. The number of ether oxygens (including phenoxy) is 2. The highest BCUT2D eigenvalue weighted by Gasteiger charge is 2.45. The highest BCUT2D eigenvalue weighted by molar-refractivity contribution is 6.68. The van der Waals surface area contributed by atoms with Gasteiger partial charge in [0.25, 0.3) is 0 Å². The number of alkyl halides is 3. The lowest BCUT2D eigenvalue weighted by molar-refractivity contribution is -0.242. The van der Waals surface area contributed by atoms with Crippen LogP contribution in [0.25, 0.3) is 0 Å². The van der Waals surface area contributed by atoms with Gasteiger partial charge in [-0.25, -0.2) is 0 Å². The van der Waals surface area contributed by atoms with Crippen molar-refractivity contribution in [2.45, 2.75) is 43.4 Å². The number of rotatable bonds is 0. The Labute approximate surface area is 104 Å². The number of cyclic esters (lactones) is 1. The second-order valence-electron chi connectivity index (χ2n) is 4.56. The van der Waals surface area contributed by atoms with E-state index in [0.717, 1.165) is 0 Å². The first-order valence-corrected chi connectivity index (χ1v) is 5.66. The van der Waals surface area contributed by atoms with Gasteiger partial charge in [0.1, 0.15) is 6.10 Å². The predicted octanol–water partition coefficient (Wildman–Crippen LogP) is 3.06. The first kappa shape index (κ1) is 13.4. The largest absolute Gasteiger partial charge is 0.435 e. The van der Waals surface area contributed by atoms with Crippen molar-refractivity contribution in [1.82, 2.24) is 0 Å². The van der Waals surface area contributed by atoms with Gasteiger partial charge in [0.15, 0.2) is 0 Å². The molecule has 1 aliphatic rings. The molecule has 0 N–H and O–H groups in total. The third-order valence-corrected chi connectivity index (χ3v) is 2.68. The molecule has 15 heavy (non-hydrogen) atoms. The maximum atomic E-state index is 11.3. The molecule has 0 aromatic carbocycles. The van der Waals surface area contributed by atoms with E-state index in [1.807, 2.05) is 20.8 Å². The van der Waals surface area contributed by atoms with Crippen molar-refractivity contribution in [3.8, 4) is 0 Å². The number of hydrogen-bond acceptors (Lipinski definition) is 3. The molecule has 0 bridgehead atoms. The van der Waals surface area contributed by atoms with Crippen molar-refractivity contribution in [1.29, 1.82) is 0 Å². The predicted molar refractivity (Wildman–Crippen MR) is 59.1 cm³/mol. The fourth-order valence-corrected chi connectivity index (χ4v) is 1.50. The van der Waals surface area contributed by atoms with Crippen LogP contribution in [0.1, 0.15) is 27.2 Å². The van der Waals surface area contributed by atoms with Gasteiger partial charge in [-0.05, 0) is 0 Å². The number of esters is 1. The van der Waals surface area contributed by atoms with Crippen molar-refractivity contribution < 1.29 is 14.3 Å². The van der Waals surface area contributed by atoms with E-state index in [2.05, 4.69) is 0 Å². The van der Waals surface area contributed by atoms with Crippen LogP contribution >= 0.6 is 34.8 Å². The summed E-state index contributed by atoms with van der Waals surface area (Å²) in [5.41, 5.74) is -0.343. The van der Waals surface area contributed by atoms with Crippen LogP contribution in [0.3, 0.4) is 0 Å². The quantitative estimate of drug-likeness (QED) is 0.503. The van der Waals surface area contributed by atoms with Crippen LogP contribution in [0, 0.1) is 5.41 Å².